The lowest BCUT2D eigenvalue weighted by Crippen LogP contribution is -2.51. The van der Waals surface area contributed by atoms with E-state index in [0.717, 1.165) is 12.0 Å². The molecular weight excluding hydrogens is 400 g/mol. The smallest absolute Gasteiger partial charge is 0.308 e. The van der Waals surface area contributed by atoms with Gasteiger partial charge in [-0.2, -0.15) is 0 Å². The molecule has 3 atom stereocenters. The monoisotopic (exact) mass is 430 g/mol. The second-order valence-electron chi connectivity index (χ2n) is 8.24. The first kappa shape index (κ1) is 22.7. The minimum atomic E-state index is -0.918. The number of carbonyl (C=O) groups is 4. The number of nitrogens with one attached hydrogen (secondary N) is 2. The maximum Gasteiger partial charge on any atom is 0.308 e. The van der Waals surface area contributed by atoms with Gasteiger partial charge in [0.2, 0.25) is 11.8 Å². The van der Waals surface area contributed by atoms with Crippen molar-refractivity contribution in [2.45, 2.75) is 57.0 Å². The van der Waals surface area contributed by atoms with Crippen LogP contribution in [0, 0.1) is 5.92 Å². The Labute approximate surface area is 181 Å². The number of hydrogen-bond donors (Lipinski definition) is 4. The lowest BCUT2D eigenvalue weighted by atomic mass is 9.99. The maximum absolute atomic E-state index is 12.9. The number of carboxylic acid groups (broad SMARTS) is 1. The van der Waals surface area contributed by atoms with Gasteiger partial charge in [-0.15, -0.1) is 0 Å². The summed E-state index contributed by atoms with van der Waals surface area (Å²) >= 11 is 0. The number of nitrogens with zero attached hydrogens (tertiary/aromatic N) is 1. The maximum atomic E-state index is 12.9. The first-order chi connectivity index (χ1) is 14.8. The Kier molecular flexibility index (Phi) is 7.27. The van der Waals surface area contributed by atoms with Crippen molar-refractivity contribution < 1.29 is 24.3 Å². The summed E-state index contributed by atoms with van der Waals surface area (Å²) in [7, 11) is 1.68. The first-order valence-electron chi connectivity index (χ1n) is 10.8. The normalized spacial score (nSPS) is 21.4. The molecule has 0 unspecified atom stereocenters. The van der Waals surface area contributed by atoms with E-state index in [2.05, 4.69) is 10.6 Å². The molecule has 1 aromatic rings. The Bertz CT molecular complexity index is 871. The molecule has 2 aliphatic rings. The molecule has 1 fully saturated rings. The Hall–Kier alpha value is -2.94. The largest absolute Gasteiger partial charge is 0.481 e. The molecule has 168 valence electrons. The number of aliphatic carboxylic acids is 1. The number of rotatable bonds is 8. The van der Waals surface area contributed by atoms with Crippen molar-refractivity contribution in [3.63, 3.8) is 0 Å². The van der Waals surface area contributed by atoms with Gasteiger partial charge in [-0.25, -0.2) is 0 Å². The van der Waals surface area contributed by atoms with E-state index in [9.17, 15) is 24.3 Å². The Morgan fingerprint density at radius 3 is 2.74 bits per heavy atom. The predicted octanol–water partition coefficient (Wildman–Crippen LogP) is 0.802. The molecule has 0 bridgehead atoms. The summed E-state index contributed by atoms with van der Waals surface area (Å²) < 4.78 is 0. The Morgan fingerprint density at radius 1 is 1.26 bits per heavy atom. The molecule has 0 spiro atoms. The Balaban J connectivity index is 1.71. The highest BCUT2D eigenvalue weighted by Crippen LogP contribution is 2.28. The van der Waals surface area contributed by atoms with Gasteiger partial charge in [0.15, 0.2) is 0 Å². The van der Waals surface area contributed by atoms with Gasteiger partial charge < -0.3 is 26.4 Å². The lowest BCUT2D eigenvalue weighted by molar-refractivity contribution is -0.142. The summed E-state index contributed by atoms with van der Waals surface area (Å²) in [5.74, 6) is -2.35. The number of amides is 3. The number of benzene rings is 1. The van der Waals surface area contributed by atoms with Crippen molar-refractivity contribution in [3.8, 4) is 0 Å². The van der Waals surface area contributed by atoms with Crippen LogP contribution in [0.3, 0.4) is 0 Å². The van der Waals surface area contributed by atoms with Crippen LogP contribution in [0.15, 0.2) is 18.2 Å². The van der Waals surface area contributed by atoms with Crippen molar-refractivity contribution in [2.24, 2.45) is 11.7 Å². The van der Waals surface area contributed by atoms with Crippen molar-refractivity contribution >= 4 is 29.4 Å². The third-order valence-corrected chi connectivity index (χ3v) is 6.17. The highest BCUT2D eigenvalue weighted by atomic mass is 16.4. The highest BCUT2D eigenvalue weighted by molar-refractivity contribution is 6.01. The van der Waals surface area contributed by atoms with Crippen molar-refractivity contribution in [1.29, 1.82) is 0 Å². The number of hydrogen-bond acceptors (Lipinski definition) is 5. The van der Waals surface area contributed by atoms with E-state index in [1.165, 1.54) is 0 Å². The number of carboxylic acids is 1. The summed E-state index contributed by atoms with van der Waals surface area (Å²) in [6.07, 6.45) is 3.83. The summed E-state index contributed by atoms with van der Waals surface area (Å²) in [6.45, 7) is 0.368. The zero-order valence-electron chi connectivity index (χ0n) is 17.7. The van der Waals surface area contributed by atoms with E-state index in [1.54, 1.807) is 24.1 Å². The van der Waals surface area contributed by atoms with E-state index in [-0.39, 0.29) is 5.91 Å². The van der Waals surface area contributed by atoms with Crippen LogP contribution in [0.2, 0.25) is 0 Å². The zero-order valence-corrected chi connectivity index (χ0v) is 17.7. The molecule has 1 aromatic carbocycles. The van der Waals surface area contributed by atoms with Crippen LogP contribution < -0.4 is 21.3 Å². The zero-order chi connectivity index (χ0) is 22.5. The minimum Gasteiger partial charge on any atom is -0.481 e. The number of fused-ring (bicyclic) bond motifs is 1. The fourth-order valence-corrected chi connectivity index (χ4v) is 4.32. The fourth-order valence-electron chi connectivity index (χ4n) is 4.32. The SMILES string of the molecule is CN1C(=O)CCc2ccc(C(=O)N[C@@H](CCCN)C(=O)N[C@H]3CCC[C@H]3C(=O)O)cc21. The van der Waals surface area contributed by atoms with Gasteiger partial charge >= 0.3 is 5.97 Å². The third kappa shape index (κ3) is 5.22. The molecule has 3 amide bonds. The van der Waals surface area contributed by atoms with E-state index < -0.39 is 35.8 Å². The summed E-state index contributed by atoms with van der Waals surface area (Å²) in [4.78, 5) is 50.7. The molecule has 1 aliphatic heterocycles. The van der Waals surface area contributed by atoms with Crippen molar-refractivity contribution in [1.82, 2.24) is 10.6 Å². The summed E-state index contributed by atoms with van der Waals surface area (Å²) in [5, 5.41) is 14.9. The number of carbonyl (C=O) groups excluding carboxylic acids is 3. The Morgan fingerprint density at radius 2 is 2.03 bits per heavy atom. The van der Waals surface area contributed by atoms with Gasteiger partial charge in [0, 0.05) is 30.8 Å². The molecule has 1 saturated carbocycles. The molecule has 9 heteroatoms. The van der Waals surface area contributed by atoms with E-state index >= 15 is 0 Å². The minimum absolute atomic E-state index is 0.00481. The quantitative estimate of drug-likeness (QED) is 0.481. The van der Waals surface area contributed by atoms with Crippen LogP contribution in [0.1, 0.15) is 54.4 Å². The molecule has 1 aliphatic carbocycles. The van der Waals surface area contributed by atoms with Crippen LogP contribution in [0.4, 0.5) is 5.69 Å². The number of anilines is 1. The standard InChI is InChI=1S/C22H30N4O5/c1-26-18-12-14(8-7-13(18)9-10-19(26)27)20(28)25-17(6-3-11-23)21(29)24-16-5-2-4-15(16)22(30)31/h7-8,12,15-17H,2-6,9-11,23H2,1H3,(H,24,29)(H,25,28)(H,30,31)/t15-,16+,17+/m1/s1. The molecule has 0 aromatic heterocycles. The molecule has 3 rings (SSSR count). The average Bonchev–Trinajstić information content (AvgIpc) is 3.21. The van der Waals surface area contributed by atoms with Gasteiger partial charge in [0.05, 0.1) is 5.92 Å². The fraction of sp³-hybridized carbons (Fsp3) is 0.545. The first-order valence-corrected chi connectivity index (χ1v) is 10.8. The van der Waals surface area contributed by atoms with E-state index in [1.807, 2.05) is 6.07 Å². The van der Waals surface area contributed by atoms with Crippen LogP contribution >= 0.6 is 0 Å². The predicted molar refractivity (Wildman–Crippen MR) is 115 cm³/mol. The van der Waals surface area contributed by atoms with Crippen LogP contribution in [0.5, 0.6) is 0 Å². The molecule has 9 nitrogen and oxygen atoms in total. The lowest BCUT2D eigenvalue weighted by Gasteiger charge is -2.26. The molecule has 1 heterocycles. The van der Waals surface area contributed by atoms with Gasteiger partial charge in [-0.1, -0.05) is 12.5 Å². The number of aryl methyl sites for hydroxylation is 1. The summed E-state index contributed by atoms with van der Waals surface area (Å²) in [6, 6.07) is 3.93. The third-order valence-electron chi connectivity index (χ3n) is 6.17. The second-order valence-corrected chi connectivity index (χ2v) is 8.24. The molecule has 0 radical (unpaired) electrons. The van der Waals surface area contributed by atoms with Gasteiger partial charge in [-0.05, 0) is 56.3 Å². The topological polar surface area (TPSA) is 142 Å². The van der Waals surface area contributed by atoms with E-state index in [0.29, 0.717) is 56.3 Å². The van der Waals surface area contributed by atoms with Crippen molar-refractivity contribution in [3.05, 3.63) is 29.3 Å². The molecule has 0 saturated heterocycles. The van der Waals surface area contributed by atoms with Crippen LogP contribution in [-0.2, 0) is 20.8 Å². The molecule has 5 N–H and O–H groups in total. The van der Waals surface area contributed by atoms with Gasteiger partial charge in [0.1, 0.15) is 6.04 Å². The van der Waals surface area contributed by atoms with Gasteiger partial charge in [0.25, 0.3) is 5.91 Å². The van der Waals surface area contributed by atoms with Crippen LogP contribution in [-0.4, -0.2) is 54.5 Å². The molecule has 31 heavy (non-hydrogen) atoms. The molecular formula is C22H30N4O5. The highest BCUT2D eigenvalue weighted by Gasteiger charge is 2.35. The second kappa shape index (κ2) is 9.91. The van der Waals surface area contributed by atoms with Crippen molar-refractivity contribution in [2.75, 3.05) is 18.5 Å². The van der Waals surface area contributed by atoms with E-state index in [4.69, 9.17) is 5.73 Å². The average molecular weight is 431 g/mol. The van der Waals surface area contributed by atoms with Gasteiger partial charge in [-0.3, -0.25) is 19.2 Å². The summed E-state index contributed by atoms with van der Waals surface area (Å²) in [5.41, 5.74) is 7.64. The number of nitrogens with two attached hydrogens (primary N) is 1. The van der Waals surface area contributed by atoms with Crippen LogP contribution in [0.25, 0.3) is 0 Å².